The average molecular weight is 350 g/mol. The van der Waals surface area contributed by atoms with Crippen LogP contribution in [-0.2, 0) is 14.3 Å². The van der Waals surface area contributed by atoms with Crippen LogP contribution in [0.15, 0.2) is 24.3 Å². The van der Waals surface area contributed by atoms with Gasteiger partial charge < -0.3 is 29.2 Å². The van der Waals surface area contributed by atoms with Gasteiger partial charge in [0.2, 0.25) is 5.91 Å². The molecular weight excluding hydrogens is 324 g/mol. The van der Waals surface area contributed by atoms with E-state index in [-0.39, 0.29) is 12.7 Å². The van der Waals surface area contributed by atoms with Gasteiger partial charge in [-0.1, -0.05) is 6.07 Å². The van der Waals surface area contributed by atoms with E-state index in [1.807, 2.05) is 17.0 Å². The van der Waals surface area contributed by atoms with Crippen molar-refractivity contribution in [3.8, 4) is 11.5 Å². The predicted molar refractivity (Wildman–Crippen MR) is 94.8 cm³/mol. The first kappa shape index (κ1) is 19.2. The molecule has 2 rings (SSSR count). The van der Waals surface area contributed by atoms with Crippen LogP contribution in [0.5, 0.6) is 11.5 Å². The van der Waals surface area contributed by atoms with Crippen molar-refractivity contribution in [3.05, 3.63) is 29.8 Å². The minimum atomic E-state index is 0.0207. The maximum absolute atomic E-state index is 12.1. The monoisotopic (exact) mass is 350 g/mol. The van der Waals surface area contributed by atoms with Crippen molar-refractivity contribution in [1.29, 1.82) is 0 Å². The third-order valence-corrected chi connectivity index (χ3v) is 3.76. The second kappa shape index (κ2) is 10.7. The van der Waals surface area contributed by atoms with E-state index in [1.165, 1.54) is 0 Å². The summed E-state index contributed by atoms with van der Waals surface area (Å²) in [5.74, 6) is 1.20. The Morgan fingerprint density at radius 3 is 2.72 bits per heavy atom. The van der Waals surface area contributed by atoms with E-state index in [9.17, 15) is 4.79 Å². The van der Waals surface area contributed by atoms with Gasteiger partial charge in [-0.2, -0.15) is 0 Å². The van der Waals surface area contributed by atoms with Gasteiger partial charge in [0.1, 0.15) is 0 Å². The Labute approximate surface area is 148 Å². The lowest BCUT2D eigenvalue weighted by molar-refractivity contribution is -0.126. The molecule has 0 bridgehead atoms. The summed E-state index contributed by atoms with van der Waals surface area (Å²) in [7, 11) is 3.19. The number of hydrogen-bond acceptors (Lipinski definition) is 6. The normalized spacial score (nSPS) is 14.7. The molecule has 1 heterocycles. The Morgan fingerprint density at radius 1 is 1.20 bits per heavy atom. The summed E-state index contributed by atoms with van der Waals surface area (Å²) in [4.78, 5) is 14.0. The van der Waals surface area contributed by atoms with Crippen molar-refractivity contribution in [2.45, 2.75) is 0 Å². The molecule has 25 heavy (non-hydrogen) atoms. The molecule has 0 aromatic heterocycles. The molecule has 7 nitrogen and oxygen atoms in total. The molecule has 1 N–H and O–H groups in total. The smallest absolute Gasteiger partial charge is 0.246 e. The van der Waals surface area contributed by atoms with Crippen molar-refractivity contribution in [2.24, 2.45) is 0 Å². The van der Waals surface area contributed by atoms with E-state index in [2.05, 4.69) is 5.32 Å². The number of benzene rings is 1. The van der Waals surface area contributed by atoms with Crippen LogP contribution in [-0.4, -0.2) is 71.2 Å². The summed E-state index contributed by atoms with van der Waals surface area (Å²) in [6.45, 7) is 4.26. The zero-order chi connectivity index (χ0) is 17.9. The number of nitrogens with zero attached hydrogens (tertiary/aromatic N) is 1. The van der Waals surface area contributed by atoms with Crippen molar-refractivity contribution < 1.29 is 23.7 Å². The van der Waals surface area contributed by atoms with Crippen LogP contribution >= 0.6 is 0 Å². The number of carbonyl (C=O) groups excluding carboxylic acids is 1. The van der Waals surface area contributed by atoms with Gasteiger partial charge in [-0.05, 0) is 23.8 Å². The summed E-state index contributed by atoms with van der Waals surface area (Å²) in [5.41, 5.74) is 0.869. The van der Waals surface area contributed by atoms with Crippen LogP contribution in [0.1, 0.15) is 5.56 Å². The fourth-order valence-electron chi connectivity index (χ4n) is 2.37. The van der Waals surface area contributed by atoms with Gasteiger partial charge in [-0.25, -0.2) is 0 Å². The first-order valence-corrected chi connectivity index (χ1v) is 8.30. The van der Waals surface area contributed by atoms with E-state index in [0.29, 0.717) is 24.7 Å². The zero-order valence-electron chi connectivity index (χ0n) is 14.8. The number of nitrogens with one attached hydrogen (secondary N) is 1. The van der Waals surface area contributed by atoms with Crippen molar-refractivity contribution in [1.82, 2.24) is 10.2 Å². The lowest BCUT2D eigenvalue weighted by Crippen LogP contribution is -2.45. The molecule has 0 unspecified atom stereocenters. The summed E-state index contributed by atoms with van der Waals surface area (Å²) in [6.07, 6.45) is 3.38. The van der Waals surface area contributed by atoms with Crippen LogP contribution < -0.4 is 14.8 Å². The number of amides is 1. The van der Waals surface area contributed by atoms with Gasteiger partial charge in [0, 0.05) is 39.4 Å². The van der Waals surface area contributed by atoms with Crippen molar-refractivity contribution in [3.63, 3.8) is 0 Å². The Balaban J connectivity index is 1.90. The van der Waals surface area contributed by atoms with Gasteiger partial charge in [0.05, 0.1) is 20.3 Å². The average Bonchev–Trinajstić information content (AvgIpc) is 2.67. The first-order chi connectivity index (χ1) is 12.2. The topological polar surface area (TPSA) is 69.3 Å². The Hall–Kier alpha value is -2.09. The zero-order valence-corrected chi connectivity index (χ0v) is 14.8. The number of hydrogen-bond donors (Lipinski definition) is 1. The maximum Gasteiger partial charge on any atom is 0.246 e. The van der Waals surface area contributed by atoms with E-state index < -0.39 is 0 Å². The minimum Gasteiger partial charge on any atom is -0.493 e. The molecule has 1 aromatic rings. The van der Waals surface area contributed by atoms with E-state index in [4.69, 9.17) is 18.9 Å². The summed E-state index contributed by atoms with van der Waals surface area (Å²) >= 11 is 0. The molecule has 1 aliphatic heterocycles. The fourth-order valence-corrected chi connectivity index (χ4v) is 2.37. The number of piperazine rings is 1. The standard InChI is InChI=1S/C18H26N2O5/c1-22-11-12-24-14-25-16-5-3-15(13-17(16)23-2)4-6-18(21)20-9-7-19-8-10-20/h3-6,13,19H,7-12,14H2,1-2H3. The molecular formula is C18H26N2O5. The van der Waals surface area contributed by atoms with E-state index in [1.54, 1.807) is 32.4 Å². The van der Waals surface area contributed by atoms with E-state index in [0.717, 1.165) is 31.7 Å². The molecule has 1 amide bonds. The third kappa shape index (κ3) is 6.38. The second-order valence-electron chi connectivity index (χ2n) is 5.48. The Morgan fingerprint density at radius 2 is 2.00 bits per heavy atom. The second-order valence-corrected chi connectivity index (χ2v) is 5.48. The highest BCUT2D eigenvalue weighted by atomic mass is 16.7. The number of methoxy groups -OCH3 is 2. The number of ether oxygens (including phenoxy) is 4. The third-order valence-electron chi connectivity index (χ3n) is 3.76. The molecule has 0 atom stereocenters. The van der Waals surface area contributed by atoms with Gasteiger partial charge in [0.15, 0.2) is 18.3 Å². The molecule has 0 saturated carbocycles. The molecule has 0 spiro atoms. The van der Waals surface area contributed by atoms with Gasteiger partial charge in [-0.3, -0.25) is 4.79 Å². The van der Waals surface area contributed by atoms with Crippen molar-refractivity contribution >= 4 is 12.0 Å². The van der Waals surface area contributed by atoms with Crippen LogP contribution in [0, 0.1) is 0 Å². The molecule has 1 saturated heterocycles. The molecule has 1 fully saturated rings. The van der Waals surface area contributed by atoms with Crippen LogP contribution in [0.25, 0.3) is 6.08 Å². The van der Waals surface area contributed by atoms with Crippen LogP contribution in [0.3, 0.4) is 0 Å². The maximum atomic E-state index is 12.1. The van der Waals surface area contributed by atoms with Gasteiger partial charge in [0.25, 0.3) is 0 Å². The van der Waals surface area contributed by atoms with Gasteiger partial charge in [-0.15, -0.1) is 0 Å². The molecule has 138 valence electrons. The highest BCUT2D eigenvalue weighted by Gasteiger charge is 2.13. The lowest BCUT2D eigenvalue weighted by Gasteiger charge is -2.26. The van der Waals surface area contributed by atoms with Gasteiger partial charge >= 0.3 is 0 Å². The fraction of sp³-hybridized carbons (Fsp3) is 0.500. The molecule has 1 aromatic carbocycles. The quantitative estimate of drug-likeness (QED) is 0.409. The Kier molecular flexibility index (Phi) is 8.24. The van der Waals surface area contributed by atoms with Crippen molar-refractivity contribution in [2.75, 3.05) is 60.4 Å². The number of rotatable bonds is 9. The lowest BCUT2D eigenvalue weighted by atomic mass is 10.2. The summed E-state index contributed by atoms with van der Waals surface area (Å²) in [6, 6.07) is 5.49. The van der Waals surface area contributed by atoms with E-state index >= 15 is 0 Å². The summed E-state index contributed by atoms with van der Waals surface area (Å²) < 4.78 is 21.1. The predicted octanol–water partition coefficient (Wildman–Crippen LogP) is 1.14. The molecule has 0 radical (unpaired) electrons. The first-order valence-electron chi connectivity index (χ1n) is 8.30. The number of carbonyl (C=O) groups is 1. The van der Waals surface area contributed by atoms with Crippen LogP contribution in [0.4, 0.5) is 0 Å². The molecule has 0 aliphatic carbocycles. The SMILES string of the molecule is COCCOCOc1ccc(C=CC(=O)N2CCNCC2)cc1OC. The largest absolute Gasteiger partial charge is 0.493 e. The Bertz CT molecular complexity index is 571. The highest BCUT2D eigenvalue weighted by molar-refractivity contribution is 5.92. The van der Waals surface area contributed by atoms with Crippen LogP contribution in [0.2, 0.25) is 0 Å². The molecule has 7 heteroatoms. The summed E-state index contributed by atoms with van der Waals surface area (Å²) in [5, 5.41) is 3.23. The highest BCUT2D eigenvalue weighted by Crippen LogP contribution is 2.28. The molecule has 1 aliphatic rings. The minimum absolute atomic E-state index is 0.0207.